The van der Waals surface area contributed by atoms with Crippen LogP contribution in [0.4, 0.5) is 13.2 Å². The van der Waals surface area contributed by atoms with Gasteiger partial charge >= 0.3 is 0 Å². The van der Waals surface area contributed by atoms with Gasteiger partial charge in [-0.15, -0.1) is 0 Å². The number of nitrogens with two attached hydrogens (primary N) is 1. The quantitative estimate of drug-likeness (QED) is 0.819. The highest BCUT2D eigenvalue weighted by atomic mass is 35.5. The van der Waals surface area contributed by atoms with Crippen LogP contribution >= 0.6 is 11.6 Å². The summed E-state index contributed by atoms with van der Waals surface area (Å²) in [5.74, 6) is -0.759. The van der Waals surface area contributed by atoms with E-state index in [1.807, 2.05) is 0 Å². The Kier molecular flexibility index (Phi) is 3.39. The van der Waals surface area contributed by atoms with E-state index < -0.39 is 18.3 Å². The van der Waals surface area contributed by atoms with Crippen molar-refractivity contribution in [3.8, 4) is 0 Å². The van der Waals surface area contributed by atoms with E-state index in [1.54, 1.807) is 0 Å². The Morgan fingerprint density at radius 1 is 1.36 bits per heavy atom. The molecule has 1 nitrogen and oxygen atoms in total. The monoisotopic (exact) mass is 223 g/mol. The van der Waals surface area contributed by atoms with E-state index in [0.29, 0.717) is 0 Å². The molecular weight excluding hydrogens is 215 g/mol. The standard InChI is InChI=1S/C9H9ClF3N/c1-4-2-3-5(10)6(7(4)11)8(14)9(12)13/h2-3,8-9H,14H2,1H3/t8-/m0/s1. The Morgan fingerprint density at radius 2 is 1.93 bits per heavy atom. The largest absolute Gasteiger partial charge is 0.319 e. The second-order valence-corrected chi connectivity index (χ2v) is 3.36. The summed E-state index contributed by atoms with van der Waals surface area (Å²) in [6.07, 6.45) is -2.83. The van der Waals surface area contributed by atoms with Crippen molar-refractivity contribution in [2.75, 3.05) is 0 Å². The Balaban J connectivity index is 3.25. The predicted molar refractivity (Wildman–Crippen MR) is 49.1 cm³/mol. The zero-order chi connectivity index (χ0) is 10.9. The zero-order valence-electron chi connectivity index (χ0n) is 7.40. The molecule has 0 fully saturated rings. The minimum Gasteiger partial charge on any atom is -0.319 e. The van der Waals surface area contributed by atoms with Crippen LogP contribution in [0.25, 0.3) is 0 Å². The molecule has 1 aromatic carbocycles. The molecule has 0 heterocycles. The number of benzene rings is 1. The summed E-state index contributed by atoms with van der Waals surface area (Å²) in [5.41, 5.74) is 5.07. The number of rotatable bonds is 2. The number of aryl methyl sites for hydroxylation is 1. The maximum atomic E-state index is 13.4. The van der Waals surface area contributed by atoms with Gasteiger partial charge in [0.25, 0.3) is 6.43 Å². The molecule has 14 heavy (non-hydrogen) atoms. The Hall–Kier alpha value is -0.740. The maximum absolute atomic E-state index is 13.4. The molecule has 0 unspecified atom stereocenters. The fourth-order valence-electron chi connectivity index (χ4n) is 1.11. The van der Waals surface area contributed by atoms with Crippen LogP contribution in [-0.4, -0.2) is 6.43 Å². The van der Waals surface area contributed by atoms with E-state index >= 15 is 0 Å². The Labute approximate surface area is 84.7 Å². The lowest BCUT2D eigenvalue weighted by Crippen LogP contribution is -2.21. The molecule has 5 heteroatoms. The highest BCUT2D eigenvalue weighted by Crippen LogP contribution is 2.29. The van der Waals surface area contributed by atoms with Crippen molar-refractivity contribution in [3.05, 3.63) is 34.1 Å². The van der Waals surface area contributed by atoms with Crippen molar-refractivity contribution in [1.29, 1.82) is 0 Å². The first-order valence-corrected chi connectivity index (χ1v) is 4.31. The first-order chi connectivity index (χ1) is 6.45. The molecule has 2 N–H and O–H groups in total. The molecule has 78 valence electrons. The fraction of sp³-hybridized carbons (Fsp3) is 0.333. The second-order valence-electron chi connectivity index (χ2n) is 2.95. The number of halogens is 4. The summed E-state index contributed by atoms with van der Waals surface area (Å²) < 4.78 is 37.9. The minimum absolute atomic E-state index is 0.0686. The van der Waals surface area contributed by atoms with Crippen molar-refractivity contribution in [2.45, 2.75) is 19.4 Å². The van der Waals surface area contributed by atoms with E-state index in [2.05, 4.69) is 0 Å². The third kappa shape index (κ3) is 2.01. The highest BCUT2D eigenvalue weighted by Gasteiger charge is 2.24. The van der Waals surface area contributed by atoms with Crippen molar-refractivity contribution < 1.29 is 13.2 Å². The van der Waals surface area contributed by atoms with Crippen molar-refractivity contribution in [2.24, 2.45) is 5.73 Å². The highest BCUT2D eigenvalue weighted by molar-refractivity contribution is 6.31. The van der Waals surface area contributed by atoms with Gasteiger partial charge in [-0.1, -0.05) is 17.7 Å². The maximum Gasteiger partial charge on any atom is 0.257 e. The van der Waals surface area contributed by atoms with Crippen LogP contribution in [0.15, 0.2) is 12.1 Å². The van der Waals surface area contributed by atoms with Crippen LogP contribution in [0, 0.1) is 12.7 Å². The van der Waals surface area contributed by atoms with E-state index in [1.165, 1.54) is 19.1 Å². The van der Waals surface area contributed by atoms with Gasteiger partial charge in [0.1, 0.15) is 5.82 Å². The van der Waals surface area contributed by atoms with Gasteiger partial charge in [0.2, 0.25) is 0 Å². The lowest BCUT2D eigenvalue weighted by molar-refractivity contribution is 0.115. The van der Waals surface area contributed by atoms with Crippen LogP contribution in [0.1, 0.15) is 17.2 Å². The van der Waals surface area contributed by atoms with Crippen LogP contribution in [0.2, 0.25) is 5.02 Å². The van der Waals surface area contributed by atoms with Crippen LogP contribution < -0.4 is 5.73 Å². The Bertz CT molecular complexity index is 341. The smallest absolute Gasteiger partial charge is 0.257 e. The number of hydrogen-bond donors (Lipinski definition) is 1. The second kappa shape index (κ2) is 4.19. The molecule has 0 saturated carbocycles. The van der Waals surface area contributed by atoms with Crippen LogP contribution in [0.5, 0.6) is 0 Å². The summed E-state index contributed by atoms with van der Waals surface area (Å²) in [5, 5.41) is -0.0686. The molecule has 0 aliphatic carbocycles. The van der Waals surface area contributed by atoms with Gasteiger partial charge < -0.3 is 5.73 Å². The fourth-order valence-corrected chi connectivity index (χ4v) is 1.38. The van der Waals surface area contributed by atoms with Crippen molar-refractivity contribution in [1.82, 2.24) is 0 Å². The molecule has 1 atom stereocenters. The van der Waals surface area contributed by atoms with E-state index in [-0.39, 0.29) is 16.1 Å². The van der Waals surface area contributed by atoms with E-state index in [0.717, 1.165) is 0 Å². The van der Waals surface area contributed by atoms with Crippen molar-refractivity contribution in [3.63, 3.8) is 0 Å². The number of hydrogen-bond acceptors (Lipinski definition) is 1. The van der Waals surface area contributed by atoms with Gasteiger partial charge in [-0.05, 0) is 18.6 Å². The molecule has 0 radical (unpaired) electrons. The summed E-state index contributed by atoms with van der Waals surface area (Å²) in [7, 11) is 0. The summed E-state index contributed by atoms with van der Waals surface area (Å²) in [4.78, 5) is 0. The topological polar surface area (TPSA) is 26.0 Å². The first kappa shape index (κ1) is 11.3. The minimum atomic E-state index is -2.83. The lowest BCUT2D eigenvalue weighted by atomic mass is 10.0. The van der Waals surface area contributed by atoms with Crippen LogP contribution in [0.3, 0.4) is 0 Å². The van der Waals surface area contributed by atoms with Gasteiger partial charge in [-0.25, -0.2) is 13.2 Å². The van der Waals surface area contributed by atoms with Gasteiger partial charge in [0.15, 0.2) is 0 Å². The molecular formula is C9H9ClF3N. The van der Waals surface area contributed by atoms with Crippen molar-refractivity contribution >= 4 is 11.6 Å². The molecule has 0 amide bonds. The van der Waals surface area contributed by atoms with Gasteiger partial charge in [0.05, 0.1) is 6.04 Å². The molecule has 0 aliphatic heterocycles. The molecule has 0 bridgehead atoms. The zero-order valence-corrected chi connectivity index (χ0v) is 8.15. The number of alkyl halides is 2. The Morgan fingerprint density at radius 3 is 2.43 bits per heavy atom. The molecule has 1 aromatic rings. The molecule has 0 aliphatic rings. The average molecular weight is 224 g/mol. The lowest BCUT2D eigenvalue weighted by Gasteiger charge is -2.14. The van der Waals surface area contributed by atoms with Gasteiger partial charge in [0, 0.05) is 10.6 Å². The normalized spacial score (nSPS) is 13.4. The SMILES string of the molecule is Cc1ccc(Cl)c([C@H](N)C(F)F)c1F. The average Bonchev–Trinajstić information content (AvgIpc) is 2.12. The molecule has 0 spiro atoms. The third-order valence-corrected chi connectivity index (χ3v) is 2.25. The predicted octanol–water partition coefficient (Wildman–Crippen LogP) is 3.05. The van der Waals surface area contributed by atoms with Gasteiger partial charge in [-0.3, -0.25) is 0 Å². The van der Waals surface area contributed by atoms with E-state index in [4.69, 9.17) is 17.3 Å². The molecule has 0 saturated heterocycles. The third-order valence-electron chi connectivity index (χ3n) is 1.92. The summed E-state index contributed by atoms with van der Waals surface area (Å²) in [6.45, 7) is 1.47. The van der Waals surface area contributed by atoms with E-state index in [9.17, 15) is 13.2 Å². The molecule has 1 rings (SSSR count). The summed E-state index contributed by atoms with van der Waals surface area (Å²) >= 11 is 5.59. The van der Waals surface area contributed by atoms with Crippen LogP contribution in [-0.2, 0) is 0 Å². The summed E-state index contributed by atoms with van der Waals surface area (Å²) in [6, 6.07) is 1.10. The first-order valence-electron chi connectivity index (χ1n) is 3.93. The molecule has 0 aromatic heterocycles. The van der Waals surface area contributed by atoms with Gasteiger partial charge in [-0.2, -0.15) is 0 Å².